The monoisotopic (exact) mass is 452 g/mol. The van der Waals surface area contributed by atoms with Crippen LogP contribution in [0.2, 0.25) is 0 Å². The number of ether oxygens (including phenoxy) is 2. The minimum Gasteiger partial charge on any atom is -0.497 e. The minimum atomic E-state index is -0.583. The molecule has 1 N–H and O–H groups in total. The number of hydrogen-bond donors (Lipinski definition) is 1. The smallest absolute Gasteiger partial charge is 0.343 e. The summed E-state index contributed by atoms with van der Waals surface area (Å²) in [4.78, 5) is 28.7. The van der Waals surface area contributed by atoms with Crippen LogP contribution in [0.3, 0.4) is 0 Å². The molecule has 156 valence electrons. The number of anilines is 1. The molecule has 31 heavy (non-hydrogen) atoms. The van der Waals surface area contributed by atoms with Gasteiger partial charge in [0.2, 0.25) is 10.3 Å². The fourth-order valence-electron chi connectivity index (χ4n) is 2.37. The third-order valence-electron chi connectivity index (χ3n) is 3.88. The van der Waals surface area contributed by atoms with Gasteiger partial charge >= 0.3 is 5.97 Å². The van der Waals surface area contributed by atoms with E-state index in [1.54, 1.807) is 48.5 Å². The molecule has 0 aliphatic heterocycles. The van der Waals surface area contributed by atoms with Crippen LogP contribution >= 0.6 is 23.3 Å². The van der Waals surface area contributed by atoms with E-state index in [1.165, 1.54) is 24.9 Å². The van der Waals surface area contributed by atoms with Crippen LogP contribution in [0.25, 0.3) is 6.08 Å². The first-order chi connectivity index (χ1) is 15.0. The quantitative estimate of drug-likeness (QED) is 0.188. The normalized spacial score (nSPS) is 10.8. The zero-order valence-electron chi connectivity index (χ0n) is 16.5. The second-order valence-electron chi connectivity index (χ2n) is 5.90. The Morgan fingerprint density at radius 3 is 2.61 bits per heavy atom. The molecular formula is C21H16N4O4S2. The van der Waals surface area contributed by atoms with Crippen molar-refractivity contribution in [3.05, 3.63) is 65.2 Å². The lowest BCUT2D eigenvalue weighted by molar-refractivity contribution is -0.112. The van der Waals surface area contributed by atoms with Gasteiger partial charge in [-0.05, 0) is 48.2 Å². The largest absolute Gasteiger partial charge is 0.497 e. The Balaban J connectivity index is 1.67. The number of amides is 1. The van der Waals surface area contributed by atoms with Crippen molar-refractivity contribution in [1.82, 2.24) is 9.36 Å². The molecule has 1 aromatic heterocycles. The molecule has 0 aliphatic rings. The molecule has 0 aliphatic carbocycles. The fourth-order valence-corrected chi connectivity index (χ4v) is 3.49. The van der Waals surface area contributed by atoms with E-state index in [9.17, 15) is 14.9 Å². The third kappa shape index (κ3) is 5.91. The number of nitriles is 1. The number of esters is 1. The van der Waals surface area contributed by atoms with Crippen molar-refractivity contribution in [3.63, 3.8) is 0 Å². The predicted octanol–water partition coefficient (Wildman–Crippen LogP) is 4.03. The van der Waals surface area contributed by atoms with Gasteiger partial charge in [-0.15, -0.1) is 0 Å². The SMILES string of the molecule is COc1cccc(C(=O)Oc2ccc(/C=C(/C#N)C(=O)Nc3nc(SC)ns3)cc2)c1. The summed E-state index contributed by atoms with van der Waals surface area (Å²) in [5.41, 5.74) is 0.852. The molecule has 2 aromatic carbocycles. The van der Waals surface area contributed by atoms with Gasteiger partial charge in [0.25, 0.3) is 5.91 Å². The number of nitrogens with one attached hydrogen (secondary N) is 1. The Morgan fingerprint density at radius 2 is 1.97 bits per heavy atom. The van der Waals surface area contributed by atoms with Gasteiger partial charge in [0.05, 0.1) is 12.7 Å². The standard InChI is InChI=1S/C21H16N4O4S2/c1-28-17-5-3-4-14(11-17)19(27)29-16-8-6-13(7-9-16)10-15(12-22)18(26)23-20-24-21(30-2)25-31-20/h3-11H,1-2H3,(H,23,24,25,26)/b15-10-. The number of nitrogens with zero attached hydrogens (tertiary/aromatic N) is 3. The maximum Gasteiger partial charge on any atom is 0.343 e. The minimum absolute atomic E-state index is 0.0953. The van der Waals surface area contributed by atoms with Crippen molar-refractivity contribution < 1.29 is 19.1 Å². The summed E-state index contributed by atoms with van der Waals surface area (Å²) in [5, 5.41) is 12.7. The van der Waals surface area contributed by atoms with Gasteiger partial charge in [-0.25, -0.2) is 4.79 Å². The van der Waals surface area contributed by atoms with Crippen molar-refractivity contribution in [2.24, 2.45) is 0 Å². The summed E-state index contributed by atoms with van der Waals surface area (Å²) in [6.45, 7) is 0. The average molecular weight is 453 g/mol. The number of rotatable bonds is 7. The highest BCUT2D eigenvalue weighted by atomic mass is 32.2. The summed E-state index contributed by atoms with van der Waals surface area (Å²) in [5.74, 6) is -0.234. The molecule has 0 unspecified atom stereocenters. The summed E-state index contributed by atoms with van der Waals surface area (Å²) < 4.78 is 14.5. The summed E-state index contributed by atoms with van der Waals surface area (Å²) in [6.07, 6.45) is 3.26. The molecule has 0 atom stereocenters. The first-order valence-corrected chi connectivity index (χ1v) is 10.8. The van der Waals surface area contributed by atoms with Gasteiger partial charge in [0, 0.05) is 11.5 Å². The molecule has 0 fully saturated rings. The Kier molecular flexibility index (Phi) is 7.37. The topological polar surface area (TPSA) is 114 Å². The van der Waals surface area contributed by atoms with Crippen LogP contribution in [0.1, 0.15) is 15.9 Å². The zero-order valence-corrected chi connectivity index (χ0v) is 18.1. The number of carbonyl (C=O) groups excluding carboxylic acids is 2. The Labute approximate surface area is 186 Å². The van der Waals surface area contributed by atoms with Crippen LogP contribution in [-0.4, -0.2) is 34.6 Å². The van der Waals surface area contributed by atoms with Gasteiger partial charge in [-0.1, -0.05) is 30.0 Å². The molecule has 1 amide bonds. The number of methoxy groups -OCH3 is 1. The van der Waals surface area contributed by atoms with Gasteiger partial charge in [-0.2, -0.15) is 14.6 Å². The summed E-state index contributed by atoms with van der Waals surface area (Å²) in [7, 11) is 1.52. The number of carbonyl (C=O) groups is 2. The highest BCUT2D eigenvalue weighted by Crippen LogP contribution is 2.20. The van der Waals surface area contributed by atoms with Crippen LogP contribution in [0, 0.1) is 11.3 Å². The van der Waals surface area contributed by atoms with Crippen molar-refractivity contribution >= 4 is 46.4 Å². The number of aromatic nitrogens is 2. The third-order valence-corrected chi connectivity index (χ3v) is 5.18. The Hall–Kier alpha value is -3.68. The maximum absolute atomic E-state index is 12.3. The lowest BCUT2D eigenvalue weighted by Gasteiger charge is -2.06. The van der Waals surface area contributed by atoms with E-state index in [0.717, 1.165) is 11.5 Å². The molecule has 3 aromatic rings. The van der Waals surface area contributed by atoms with Crippen LogP contribution in [0.4, 0.5) is 5.13 Å². The highest BCUT2D eigenvalue weighted by molar-refractivity contribution is 7.98. The molecule has 0 bridgehead atoms. The molecule has 10 heteroatoms. The molecule has 0 saturated carbocycles. The van der Waals surface area contributed by atoms with Crippen LogP contribution < -0.4 is 14.8 Å². The first-order valence-electron chi connectivity index (χ1n) is 8.79. The van der Waals surface area contributed by atoms with Crippen LogP contribution in [0.5, 0.6) is 11.5 Å². The fraction of sp³-hybridized carbons (Fsp3) is 0.0952. The predicted molar refractivity (Wildman–Crippen MR) is 118 cm³/mol. The van der Waals surface area contributed by atoms with Crippen LogP contribution in [0.15, 0.2) is 59.3 Å². The van der Waals surface area contributed by atoms with Crippen molar-refractivity contribution in [2.75, 3.05) is 18.7 Å². The number of thioether (sulfide) groups is 1. The van der Waals surface area contributed by atoms with E-state index in [2.05, 4.69) is 14.7 Å². The van der Waals surface area contributed by atoms with Crippen molar-refractivity contribution in [1.29, 1.82) is 5.26 Å². The summed E-state index contributed by atoms with van der Waals surface area (Å²) >= 11 is 2.39. The lowest BCUT2D eigenvalue weighted by atomic mass is 10.1. The van der Waals surface area contributed by atoms with Crippen molar-refractivity contribution in [2.45, 2.75) is 5.16 Å². The molecule has 0 spiro atoms. The van der Waals surface area contributed by atoms with E-state index in [1.807, 2.05) is 12.3 Å². The molecular weight excluding hydrogens is 436 g/mol. The maximum atomic E-state index is 12.3. The van der Waals surface area contributed by atoms with Gasteiger partial charge < -0.3 is 9.47 Å². The molecule has 8 nitrogen and oxygen atoms in total. The second kappa shape index (κ2) is 10.4. The zero-order chi connectivity index (χ0) is 22.2. The van der Waals surface area contributed by atoms with Crippen molar-refractivity contribution in [3.8, 4) is 17.6 Å². The molecule has 3 rings (SSSR count). The van der Waals surface area contributed by atoms with E-state index in [0.29, 0.717) is 32.9 Å². The van der Waals surface area contributed by atoms with Gasteiger partial charge in [0.1, 0.15) is 23.1 Å². The number of hydrogen-bond acceptors (Lipinski definition) is 9. The lowest BCUT2D eigenvalue weighted by Crippen LogP contribution is -2.13. The Bertz CT molecular complexity index is 1170. The van der Waals surface area contributed by atoms with E-state index >= 15 is 0 Å². The molecule has 1 heterocycles. The number of benzene rings is 2. The second-order valence-corrected chi connectivity index (χ2v) is 7.43. The molecule has 0 saturated heterocycles. The summed E-state index contributed by atoms with van der Waals surface area (Å²) in [6, 6.07) is 14.9. The highest BCUT2D eigenvalue weighted by Gasteiger charge is 2.13. The van der Waals surface area contributed by atoms with E-state index < -0.39 is 11.9 Å². The average Bonchev–Trinajstić information content (AvgIpc) is 3.26. The van der Waals surface area contributed by atoms with Gasteiger partial charge in [-0.3, -0.25) is 10.1 Å². The van der Waals surface area contributed by atoms with Crippen LogP contribution in [-0.2, 0) is 4.79 Å². The Morgan fingerprint density at radius 1 is 1.19 bits per heavy atom. The van der Waals surface area contributed by atoms with E-state index in [4.69, 9.17) is 9.47 Å². The first kappa shape index (κ1) is 22.0. The molecule has 0 radical (unpaired) electrons. The van der Waals surface area contributed by atoms with E-state index in [-0.39, 0.29) is 5.57 Å². The van der Waals surface area contributed by atoms with Gasteiger partial charge in [0.15, 0.2) is 0 Å².